The molecule has 0 saturated carbocycles. The summed E-state index contributed by atoms with van der Waals surface area (Å²) in [6, 6.07) is 14.8. The molecule has 2 heterocycles. The number of carbonyl (C=O) groups excluding carboxylic acids is 1. The molecule has 1 spiro atoms. The molecule has 1 atom stereocenters. The first-order chi connectivity index (χ1) is 15.2. The molecule has 2 N–H and O–H groups in total. The second kappa shape index (κ2) is 8.69. The van der Waals surface area contributed by atoms with Crippen molar-refractivity contribution in [2.45, 2.75) is 50.2 Å². The van der Waals surface area contributed by atoms with Gasteiger partial charge in [-0.25, -0.2) is 8.42 Å². The second-order valence-corrected chi connectivity index (χ2v) is 10.6. The number of carbonyl (C=O) groups is 1. The zero-order valence-corrected chi connectivity index (χ0v) is 19.4. The molecule has 4 rings (SSSR count). The molecule has 7 nitrogen and oxygen atoms in total. The highest BCUT2D eigenvalue weighted by Crippen LogP contribution is 2.34. The standard InChI is InChI=1S/C24H29N3O4S/c1-17-4-8-20(9-5-17)19(3)25-23(28)22-16-24(31-26-22)12-14-27(15-13-24)32(29,30)21-10-6-18(2)7-11-21/h4-11,16,19,26H,12-15H2,1-3H3,(H,25,28). The number of hydrogen-bond acceptors (Lipinski definition) is 5. The molecule has 32 heavy (non-hydrogen) atoms. The molecule has 1 saturated heterocycles. The summed E-state index contributed by atoms with van der Waals surface area (Å²) in [5.41, 5.74) is 5.63. The van der Waals surface area contributed by atoms with Crippen LogP contribution in [0.2, 0.25) is 0 Å². The van der Waals surface area contributed by atoms with Crippen LogP contribution in [0.3, 0.4) is 0 Å². The highest BCUT2D eigenvalue weighted by Gasteiger charge is 2.42. The monoisotopic (exact) mass is 455 g/mol. The van der Waals surface area contributed by atoms with Gasteiger partial charge in [0.2, 0.25) is 10.0 Å². The zero-order chi connectivity index (χ0) is 22.9. The van der Waals surface area contributed by atoms with Crippen LogP contribution in [0, 0.1) is 13.8 Å². The Kier molecular flexibility index (Phi) is 6.11. The minimum absolute atomic E-state index is 0.149. The summed E-state index contributed by atoms with van der Waals surface area (Å²) in [6.07, 6.45) is 2.73. The second-order valence-electron chi connectivity index (χ2n) is 8.65. The van der Waals surface area contributed by atoms with Gasteiger partial charge in [-0.3, -0.25) is 15.1 Å². The highest BCUT2D eigenvalue weighted by molar-refractivity contribution is 7.89. The topological polar surface area (TPSA) is 87.7 Å². The predicted molar refractivity (Wildman–Crippen MR) is 122 cm³/mol. The number of nitrogens with one attached hydrogen (secondary N) is 2. The minimum atomic E-state index is -3.55. The first kappa shape index (κ1) is 22.5. The predicted octanol–water partition coefficient (Wildman–Crippen LogP) is 3.12. The van der Waals surface area contributed by atoms with Crippen molar-refractivity contribution < 1.29 is 18.0 Å². The lowest BCUT2D eigenvalue weighted by Gasteiger charge is -2.35. The van der Waals surface area contributed by atoms with Crippen LogP contribution in [0.1, 0.15) is 42.5 Å². The van der Waals surface area contributed by atoms with Gasteiger partial charge in [-0.1, -0.05) is 47.5 Å². The molecule has 0 aromatic heterocycles. The number of amides is 1. The van der Waals surface area contributed by atoms with Crippen LogP contribution in [0.15, 0.2) is 65.2 Å². The third-order valence-electron chi connectivity index (χ3n) is 6.17. The van der Waals surface area contributed by atoms with Gasteiger partial charge < -0.3 is 5.32 Å². The Morgan fingerprint density at radius 3 is 2.19 bits per heavy atom. The van der Waals surface area contributed by atoms with E-state index >= 15 is 0 Å². The molecule has 1 amide bonds. The van der Waals surface area contributed by atoms with E-state index in [9.17, 15) is 13.2 Å². The number of rotatable bonds is 5. The molecular weight excluding hydrogens is 426 g/mol. The fourth-order valence-electron chi connectivity index (χ4n) is 4.01. The third-order valence-corrected chi connectivity index (χ3v) is 8.08. The van der Waals surface area contributed by atoms with E-state index in [1.807, 2.05) is 45.0 Å². The zero-order valence-electron chi connectivity index (χ0n) is 18.6. The van der Waals surface area contributed by atoms with Gasteiger partial charge in [0.05, 0.1) is 10.9 Å². The van der Waals surface area contributed by atoms with Gasteiger partial charge in [0.15, 0.2) is 0 Å². The average molecular weight is 456 g/mol. The van der Waals surface area contributed by atoms with Gasteiger partial charge in [-0.2, -0.15) is 4.31 Å². The number of aryl methyl sites for hydroxylation is 2. The number of nitrogens with zero attached hydrogens (tertiary/aromatic N) is 1. The third kappa shape index (κ3) is 4.57. The average Bonchev–Trinajstić information content (AvgIpc) is 3.18. The molecule has 0 aliphatic carbocycles. The Balaban J connectivity index is 1.39. The Morgan fingerprint density at radius 1 is 1.03 bits per heavy atom. The summed E-state index contributed by atoms with van der Waals surface area (Å²) in [4.78, 5) is 18.8. The summed E-state index contributed by atoms with van der Waals surface area (Å²) < 4.78 is 27.4. The van der Waals surface area contributed by atoms with Crippen molar-refractivity contribution in [2.24, 2.45) is 0 Å². The fraction of sp³-hybridized carbons (Fsp3) is 0.375. The molecule has 2 aliphatic heterocycles. The van der Waals surface area contributed by atoms with E-state index in [4.69, 9.17) is 4.84 Å². The summed E-state index contributed by atoms with van der Waals surface area (Å²) in [5, 5.41) is 2.98. The van der Waals surface area contributed by atoms with E-state index in [0.717, 1.165) is 11.1 Å². The minimum Gasteiger partial charge on any atom is -0.344 e. The van der Waals surface area contributed by atoms with Crippen molar-refractivity contribution in [3.63, 3.8) is 0 Å². The lowest BCUT2D eigenvalue weighted by atomic mass is 9.92. The van der Waals surface area contributed by atoms with Gasteiger partial charge in [0.25, 0.3) is 5.91 Å². The molecule has 2 aromatic rings. The van der Waals surface area contributed by atoms with E-state index in [-0.39, 0.29) is 11.9 Å². The van der Waals surface area contributed by atoms with E-state index < -0.39 is 15.6 Å². The Bertz CT molecular complexity index is 1120. The molecule has 0 bridgehead atoms. The van der Waals surface area contributed by atoms with Crippen molar-refractivity contribution in [2.75, 3.05) is 13.1 Å². The number of sulfonamides is 1. The first-order valence-corrected chi connectivity index (χ1v) is 12.2. The summed E-state index contributed by atoms with van der Waals surface area (Å²) in [5.74, 6) is -0.246. The maximum Gasteiger partial charge on any atom is 0.269 e. The maximum absolute atomic E-state index is 12.9. The molecule has 2 aromatic carbocycles. The smallest absolute Gasteiger partial charge is 0.269 e. The number of benzene rings is 2. The molecule has 1 fully saturated rings. The largest absolute Gasteiger partial charge is 0.344 e. The Hall–Kier alpha value is -2.68. The lowest BCUT2D eigenvalue weighted by Crippen LogP contribution is -2.46. The van der Waals surface area contributed by atoms with Crippen molar-refractivity contribution in [1.82, 2.24) is 15.1 Å². The van der Waals surface area contributed by atoms with Crippen LogP contribution in [-0.2, 0) is 19.7 Å². The lowest BCUT2D eigenvalue weighted by molar-refractivity contribution is -0.120. The van der Waals surface area contributed by atoms with Gasteiger partial charge in [-0.15, -0.1) is 0 Å². The maximum atomic E-state index is 12.9. The van der Waals surface area contributed by atoms with E-state index in [1.165, 1.54) is 9.87 Å². The van der Waals surface area contributed by atoms with E-state index in [0.29, 0.717) is 36.5 Å². The van der Waals surface area contributed by atoms with Crippen molar-refractivity contribution in [3.05, 3.63) is 77.0 Å². The fourth-order valence-corrected chi connectivity index (χ4v) is 5.46. The van der Waals surface area contributed by atoms with Crippen LogP contribution in [0.25, 0.3) is 0 Å². The van der Waals surface area contributed by atoms with Gasteiger partial charge >= 0.3 is 0 Å². The van der Waals surface area contributed by atoms with Crippen molar-refractivity contribution in [1.29, 1.82) is 0 Å². The normalized spacial score (nSPS) is 19.3. The van der Waals surface area contributed by atoms with Crippen LogP contribution in [0.5, 0.6) is 0 Å². The van der Waals surface area contributed by atoms with Gasteiger partial charge in [0, 0.05) is 13.1 Å². The molecule has 2 aliphatic rings. The molecule has 0 radical (unpaired) electrons. The summed E-state index contributed by atoms with van der Waals surface area (Å²) in [7, 11) is -3.55. The molecular formula is C24H29N3O4S. The number of hydrogen-bond donors (Lipinski definition) is 2. The van der Waals surface area contributed by atoms with Gasteiger partial charge in [0.1, 0.15) is 11.3 Å². The number of hydroxylamine groups is 1. The summed E-state index contributed by atoms with van der Waals surface area (Å²) in [6.45, 7) is 6.52. The quantitative estimate of drug-likeness (QED) is 0.723. The first-order valence-electron chi connectivity index (χ1n) is 10.8. The van der Waals surface area contributed by atoms with E-state index in [2.05, 4.69) is 10.8 Å². The Morgan fingerprint density at radius 2 is 1.59 bits per heavy atom. The van der Waals surface area contributed by atoms with Crippen LogP contribution >= 0.6 is 0 Å². The Labute approximate surface area is 189 Å². The summed E-state index contributed by atoms with van der Waals surface area (Å²) >= 11 is 0. The van der Waals surface area contributed by atoms with Crippen LogP contribution in [0.4, 0.5) is 0 Å². The number of piperidine rings is 1. The van der Waals surface area contributed by atoms with Crippen molar-refractivity contribution in [3.8, 4) is 0 Å². The van der Waals surface area contributed by atoms with Crippen molar-refractivity contribution >= 4 is 15.9 Å². The molecule has 8 heteroatoms. The highest BCUT2D eigenvalue weighted by atomic mass is 32.2. The van der Waals surface area contributed by atoms with E-state index in [1.54, 1.807) is 30.3 Å². The molecule has 1 unspecified atom stereocenters. The van der Waals surface area contributed by atoms with Crippen LogP contribution < -0.4 is 10.8 Å². The van der Waals surface area contributed by atoms with Gasteiger partial charge in [-0.05, 0) is 57.4 Å². The SMILES string of the molecule is Cc1ccc(C(C)NC(=O)C2=CC3(CCN(S(=O)(=O)c4ccc(C)cc4)CC3)ON2)cc1. The van der Waals surface area contributed by atoms with Crippen LogP contribution in [-0.4, -0.2) is 37.3 Å². The molecule has 170 valence electrons.